The molecule has 0 atom stereocenters. The number of hydrogen-bond acceptors (Lipinski definition) is 1. The van der Waals surface area contributed by atoms with Crippen LogP contribution in [-0.2, 0) is 0 Å². The van der Waals surface area contributed by atoms with Gasteiger partial charge in [-0.25, -0.2) is 0 Å². The van der Waals surface area contributed by atoms with Crippen molar-refractivity contribution in [1.29, 1.82) is 0 Å². The van der Waals surface area contributed by atoms with E-state index < -0.39 is 0 Å². The normalized spacial score (nSPS) is 12.2. The Balaban J connectivity index is 1.20. The van der Waals surface area contributed by atoms with Gasteiger partial charge in [-0.2, -0.15) is 0 Å². The monoisotopic (exact) mass is 663 g/mol. The quantitative estimate of drug-likeness (QED) is 0.185. The number of furan rings is 1. The van der Waals surface area contributed by atoms with E-state index in [1.165, 1.54) is 54.4 Å². The molecular formula is C48H29N3O. The molecule has 52 heavy (non-hydrogen) atoms. The van der Waals surface area contributed by atoms with Crippen molar-refractivity contribution in [2.45, 2.75) is 0 Å². The van der Waals surface area contributed by atoms with Gasteiger partial charge in [-0.3, -0.25) is 0 Å². The first-order chi connectivity index (χ1) is 25.8. The Hall–Kier alpha value is -7.04. The van der Waals surface area contributed by atoms with Crippen LogP contribution in [0.1, 0.15) is 0 Å². The van der Waals surface area contributed by atoms with Crippen LogP contribution >= 0.6 is 0 Å². The Morgan fingerprint density at radius 1 is 0.288 bits per heavy atom. The molecule has 0 bridgehead atoms. The van der Waals surface area contributed by atoms with Crippen LogP contribution < -0.4 is 0 Å². The molecule has 0 fully saturated rings. The lowest BCUT2D eigenvalue weighted by atomic mass is 10.1. The molecule has 4 heteroatoms. The summed E-state index contributed by atoms with van der Waals surface area (Å²) in [4.78, 5) is 0. The summed E-state index contributed by atoms with van der Waals surface area (Å²) in [6.07, 6.45) is 0. The molecule has 0 saturated carbocycles. The van der Waals surface area contributed by atoms with Gasteiger partial charge in [0.2, 0.25) is 0 Å². The molecule has 0 unspecified atom stereocenters. The predicted molar refractivity (Wildman–Crippen MR) is 217 cm³/mol. The largest absolute Gasteiger partial charge is 0.454 e. The second-order valence-electron chi connectivity index (χ2n) is 13.7. The molecule has 4 aromatic heterocycles. The van der Waals surface area contributed by atoms with Crippen LogP contribution in [0, 0.1) is 0 Å². The van der Waals surface area contributed by atoms with Gasteiger partial charge in [0.25, 0.3) is 0 Å². The van der Waals surface area contributed by atoms with E-state index >= 15 is 0 Å². The minimum Gasteiger partial charge on any atom is -0.454 e. The molecule has 0 N–H and O–H groups in total. The third-order valence-corrected chi connectivity index (χ3v) is 11.0. The zero-order chi connectivity index (χ0) is 33.9. The highest BCUT2D eigenvalue weighted by atomic mass is 16.3. The van der Waals surface area contributed by atoms with Crippen LogP contribution in [0.2, 0.25) is 0 Å². The first-order valence-corrected chi connectivity index (χ1v) is 17.8. The fraction of sp³-hybridized carbons (Fsp3) is 0. The maximum Gasteiger partial charge on any atom is 0.159 e. The number of fused-ring (bicyclic) bond motifs is 12. The number of para-hydroxylation sites is 6. The maximum absolute atomic E-state index is 6.63. The zero-order valence-corrected chi connectivity index (χ0v) is 28.0. The SMILES string of the molecule is c1ccc2c(c1)oc1c(-n3c4ccc(-n5c6ccccc6c6ccccc65)cc4c4cc(-n5c6ccccc6c6ccccc65)ccc43)cccc12. The van der Waals surface area contributed by atoms with Crippen molar-refractivity contribution in [2.75, 3.05) is 0 Å². The Bertz CT molecular complexity index is 3150. The summed E-state index contributed by atoms with van der Waals surface area (Å²) >= 11 is 0. The number of benzene rings is 8. The van der Waals surface area contributed by atoms with Crippen molar-refractivity contribution in [3.8, 4) is 17.1 Å². The second-order valence-corrected chi connectivity index (χ2v) is 13.7. The van der Waals surface area contributed by atoms with E-state index in [1.54, 1.807) is 0 Å². The van der Waals surface area contributed by atoms with Crippen molar-refractivity contribution >= 4 is 87.4 Å². The van der Waals surface area contributed by atoms with Crippen LogP contribution in [0.25, 0.3) is 104 Å². The Morgan fingerprint density at radius 2 is 0.692 bits per heavy atom. The third kappa shape index (κ3) is 3.65. The Morgan fingerprint density at radius 3 is 1.19 bits per heavy atom. The molecule has 0 radical (unpaired) electrons. The highest BCUT2D eigenvalue weighted by molar-refractivity contribution is 6.15. The molecule has 4 heterocycles. The molecular weight excluding hydrogens is 635 g/mol. The average molecular weight is 664 g/mol. The van der Waals surface area contributed by atoms with Crippen LogP contribution in [0.4, 0.5) is 0 Å². The predicted octanol–water partition coefficient (Wildman–Crippen LogP) is 12.9. The summed E-state index contributed by atoms with van der Waals surface area (Å²) in [7, 11) is 0. The van der Waals surface area contributed by atoms with Crippen molar-refractivity contribution < 1.29 is 4.42 Å². The van der Waals surface area contributed by atoms with E-state index in [0.29, 0.717) is 0 Å². The number of rotatable bonds is 3. The minimum absolute atomic E-state index is 0.889. The van der Waals surface area contributed by atoms with Crippen molar-refractivity contribution in [2.24, 2.45) is 0 Å². The van der Waals surface area contributed by atoms with Crippen LogP contribution in [0.3, 0.4) is 0 Å². The van der Waals surface area contributed by atoms with E-state index in [2.05, 4.69) is 184 Å². The van der Waals surface area contributed by atoms with E-state index in [0.717, 1.165) is 50.0 Å². The molecule has 0 aliphatic heterocycles. The van der Waals surface area contributed by atoms with Crippen molar-refractivity contribution in [1.82, 2.24) is 13.7 Å². The fourth-order valence-electron chi connectivity index (χ4n) is 8.85. The standard InChI is InChI=1S/C48H29N3O/c1-6-18-40-32(12-1)33-13-2-7-19-41(33)49(40)30-24-26-44-38(28-30)39-29-31(50-42-20-8-3-14-34(42)35-15-4-9-21-43(35)50)25-27-45(39)51(44)46-22-11-17-37-36-16-5-10-23-47(36)52-48(37)46/h1-29H. The van der Waals surface area contributed by atoms with Gasteiger partial charge in [0, 0.05) is 54.5 Å². The van der Waals surface area contributed by atoms with E-state index in [4.69, 9.17) is 4.42 Å². The number of aromatic nitrogens is 3. The molecule has 12 aromatic rings. The van der Waals surface area contributed by atoms with Crippen molar-refractivity contribution in [3.05, 3.63) is 176 Å². The van der Waals surface area contributed by atoms with Crippen LogP contribution in [0.15, 0.2) is 180 Å². The average Bonchev–Trinajstić information content (AvgIpc) is 3.94. The van der Waals surface area contributed by atoms with Gasteiger partial charge in [0.05, 0.1) is 38.8 Å². The molecule has 8 aromatic carbocycles. The summed E-state index contributed by atoms with van der Waals surface area (Å²) in [6.45, 7) is 0. The van der Waals surface area contributed by atoms with E-state index in [1.807, 2.05) is 6.07 Å². The maximum atomic E-state index is 6.63. The highest BCUT2D eigenvalue weighted by Crippen LogP contribution is 2.41. The number of nitrogens with zero attached hydrogens (tertiary/aromatic N) is 3. The fourth-order valence-corrected chi connectivity index (χ4v) is 8.85. The van der Waals surface area contributed by atoms with Gasteiger partial charge in [-0.1, -0.05) is 103 Å². The Labute approximate surface area is 297 Å². The molecule has 242 valence electrons. The second kappa shape index (κ2) is 10.3. The molecule has 0 amide bonds. The lowest BCUT2D eigenvalue weighted by Crippen LogP contribution is -1.96. The molecule has 12 rings (SSSR count). The summed E-state index contributed by atoms with van der Waals surface area (Å²) in [5.74, 6) is 0. The summed E-state index contributed by atoms with van der Waals surface area (Å²) in [6, 6.07) is 63.6. The van der Waals surface area contributed by atoms with E-state index in [9.17, 15) is 0 Å². The van der Waals surface area contributed by atoms with Gasteiger partial charge in [-0.15, -0.1) is 0 Å². The van der Waals surface area contributed by atoms with Gasteiger partial charge in [0.15, 0.2) is 5.58 Å². The molecule has 0 saturated heterocycles. The molecule has 0 spiro atoms. The van der Waals surface area contributed by atoms with Crippen LogP contribution in [0.5, 0.6) is 0 Å². The number of hydrogen-bond donors (Lipinski definition) is 0. The Kier molecular flexibility index (Phi) is 5.47. The first-order valence-electron chi connectivity index (χ1n) is 17.8. The first kappa shape index (κ1) is 27.7. The summed E-state index contributed by atoms with van der Waals surface area (Å²) in [5, 5.41) is 9.64. The lowest BCUT2D eigenvalue weighted by molar-refractivity contribution is 0.666. The molecule has 0 aliphatic rings. The molecule has 4 nitrogen and oxygen atoms in total. The zero-order valence-electron chi connectivity index (χ0n) is 28.0. The van der Waals surface area contributed by atoms with Crippen LogP contribution in [-0.4, -0.2) is 13.7 Å². The van der Waals surface area contributed by atoms with Gasteiger partial charge in [-0.05, 0) is 72.8 Å². The van der Waals surface area contributed by atoms with Crippen molar-refractivity contribution in [3.63, 3.8) is 0 Å². The summed E-state index contributed by atoms with van der Waals surface area (Å²) < 4.78 is 13.8. The van der Waals surface area contributed by atoms with Gasteiger partial charge in [0.1, 0.15) is 5.58 Å². The molecule has 0 aliphatic carbocycles. The van der Waals surface area contributed by atoms with E-state index in [-0.39, 0.29) is 0 Å². The highest BCUT2D eigenvalue weighted by Gasteiger charge is 2.21. The summed E-state index contributed by atoms with van der Waals surface area (Å²) in [5.41, 5.74) is 12.1. The minimum atomic E-state index is 0.889. The smallest absolute Gasteiger partial charge is 0.159 e. The third-order valence-electron chi connectivity index (χ3n) is 11.0. The topological polar surface area (TPSA) is 27.9 Å². The van der Waals surface area contributed by atoms with Gasteiger partial charge >= 0.3 is 0 Å². The van der Waals surface area contributed by atoms with Gasteiger partial charge < -0.3 is 18.1 Å². The lowest BCUT2D eigenvalue weighted by Gasteiger charge is -2.11.